The minimum absolute atomic E-state index is 0.0498. The molecule has 0 bridgehead atoms. The Balaban J connectivity index is 1.67. The van der Waals surface area contributed by atoms with Gasteiger partial charge in [-0.1, -0.05) is 18.2 Å². The van der Waals surface area contributed by atoms with E-state index in [1.54, 1.807) is 10.9 Å². The number of carbonyl (C=O) groups excluding carboxylic acids is 1. The third kappa shape index (κ3) is 3.20. The number of ether oxygens (including phenoxy) is 1. The number of nitrogens with one attached hydrogen (secondary N) is 1. The van der Waals surface area contributed by atoms with Crippen LogP contribution in [0.5, 0.6) is 0 Å². The van der Waals surface area contributed by atoms with E-state index in [1.807, 2.05) is 37.3 Å². The molecule has 1 aromatic carbocycles. The van der Waals surface area contributed by atoms with Gasteiger partial charge in [0.2, 0.25) is 0 Å². The molecule has 2 heterocycles. The van der Waals surface area contributed by atoms with Crippen LogP contribution >= 0.6 is 0 Å². The van der Waals surface area contributed by atoms with E-state index in [-0.39, 0.29) is 5.91 Å². The van der Waals surface area contributed by atoms with Gasteiger partial charge in [-0.05, 0) is 37.8 Å². The lowest BCUT2D eigenvalue weighted by Gasteiger charge is -2.22. The molecule has 5 nitrogen and oxygen atoms in total. The molecule has 116 valence electrons. The van der Waals surface area contributed by atoms with Crippen molar-refractivity contribution in [3.63, 3.8) is 0 Å². The summed E-state index contributed by atoms with van der Waals surface area (Å²) >= 11 is 0. The summed E-state index contributed by atoms with van der Waals surface area (Å²) < 4.78 is 7.13. The summed E-state index contributed by atoms with van der Waals surface area (Å²) in [6, 6.07) is 9.83. The minimum Gasteiger partial charge on any atom is -0.381 e. The molecule has 2 aromatic rings. The van der Waals surface area contributed by atoms with E-state index in [2.05, 4.69) is 10.4 Å². The highest BCUT2D eigenvalue weighted by Crippen LogP contribution is 2.16. The van der Waals surface area contributed by atoms with Crippen LogP contribution in [0.25, 0.3) is 5.69 Å². The molecule has 0 unspecified atom stereocenters. The Labute approximate surface area is 130 Å². The van der Waals surface area contributed by atoms with Crippen molar-refractivity contribution in [1.82, 2.24) is 15.1 Å². The van der Waals surface area contributed by atoms with E-state index in [1.165, 1.54) is 0 Å². The monoisotopic (exact) mass is 299 g/mol. The number of hydrogen-bond acceptors (Lipinski definition) is 3. The summed E-state index contributed by atoms with van der Waals surface area (Å²) in [6.45, 7) is 4.22. The maximum atomic E-state index is 12.4. The second-order valence-corrected chi connectivity index (χ2v) is 5.66. The minimum atomic E-state index is -0.0498. The molecule has 0 aliphatic carbocycles. The number of rotatable bonds is 4. The highest BCUT2D eigenvalue weighted by Gasteiger charge is 2.18. The van der Waals surface area contributed by atoms with Gasteiger partial charge >= 0.3 is 0 Å². The molecular weight excluding hydrogens is 278 g/mol. The molecule has 1 aliphatic heterocycles. The van der Waals surface area contributed by atoms with Crippen molar-refractivity contribution in [3.05, 3.63) is 47.8 Å². The molecule has 0 spiro atoms. The Hall–Kier alpha value is -2.14. The normalized spacial score (nSPS) is 15.7. The standard InChI is InChI=1S/C17H21N3O2/c1-13-16(12-19-20(13)15-5-3-2-4-6-15)17(21)18-11-14-7-9-22-10-8-14/h2-6,12,14H,7-11H2,1H3,(H,18,21). The van der Waals surface area contributed by atoms with Crippen LogP contribution in [-0.4, -0.2) is 35.4 Å². The van der Waals surface area contributed by atoms with E-state index < -0.39 is 0 Å². The number of benzene rings is 1. The van der Waals surface area contributed by atoms with Gasteiger partial charge in [0, 0.05) is 19.8 Å². The molecular formula is C17H21N3O2. The summed E-state index contributed by atoms with van der Waals surface area (Å²) in [5.41, 5.74) is 2.45. The Morgan fingerprint density at radius 3 is 2.77 bits per heavy atom. The van der Waals surface area contributed by atoms with Crippen LogP contribution in [0.2, 0.25) is 0 Å². The third-order valence-electron chi connectivity index (χ3n) is 4.15. The molecule has 0 radical (unpaired) electrons. The van der Waals surface area contributed by atoms with Gasteiger partial charge in [0.05, 0.1) is 23.1 Å². The SMILES string of the molecule is Cc1c(C(=O)NCC2CCOCC2)cnn1-c1ccccc1. The number of hydrogen-bond donors (Lipinski definition) is 1. The molecule has 1 aromatic heterocycles. The summed E-state index contributed by atoms with van der Waals surface area (Å²) in [5.74, 6) is 0.466. The number of amides is 1. The highest BCUT2D eigenvalue weighted by atomic mass is 16.5. The molecule has 1 saturated heterocycles. The fourth-order valence-electron chi connectivity index (χ4n) is 2.74. The van der Waals surface area contributed by atoms with Gasteiger partial charge in [-0.15, -0.1) is 0 Å². The zero-order valence-corrected chi connectivity index (χ0v) is 12.8. The Kier molecular flexibility index (Phi) is 4.53. The molecule has 22 heavy (non-hydrogen) atoms. The van der Waals surface area contributed by atoms with Crippen molar-refractivity contribution >= 4 is 5.91 Å². The quantitative estimate of drug-likeness (QED) is 0.942. The van der Waals surface area contributed by atoms with Gasteiger partial charge < -0.3 is 10.1 Å². The van der Waals surface area contributed by atoms with Crippen LogP contribution in [0, 0.1) is 12.8 Å². The van der Waals surface area contributed by atoms with Crippen molar-refractivity contribution < 1.29 is 9.53 Å². The molecule has 0 saturated carbocycles. The van der Waals surface area contributed by atoms with Crippen LogP contribution in [-0.2, 0) is 4.74 Å². The van der Waals surface area contributed by atoms with E-state index in [0.29, 0.717) is 18.0 Å². The van der Waals surface area contributed by atoms with Gasteiger partial charge in [0.1, 0.15) is 0 Å². The molecule has 5 heteroatoms. The van der Waals surface area contributed by atoms with Crippen LogP contribution in [0.1, 0.15) is 28.9 Å². The van der Waals surface area contributed by atoms with Crippen LogP contribution in [0.15, 0.2) is 36.5 Å². The first-order valence-corrected chi connectivity index (χ1v) is 7.71. The number of para-hydroxylation sites is 1. The second-order valence-electron chi connectivity index (χ2n) is 5.66. The first kappa shape index (κ1) is 14.8. The van der Waals surface area contributed by atoms with E-state index in [0.717, 1.165) is 37.4 Å². The zero-order valence-electron chi connectivity index (χ0n) is 12.8. The van der Waals surface area contributed by atoms with Gasteiger partial charge in [-0.25, -0.2) is 4.68 Å². The maximum absolute atomic E-state index is 12.4. The largest absolute Gasteiger partial charge is 0.381 e. The first-order valence-electron chi connectivity index (χ1n) is 7.71. The molecule has 1 amide bonds. The number of aromatic nitrogens is 2. The molecule has 1 aliphatic rings. The summed E-state index contributed by atoms with van der Waals surface area (Å²) in [6.07, 6.45) is 3.67. The summed E-state index contributed by atoms with van der Waals surface area (Å²) in [4.78, 5) is 12.4. The average molecular weight is 299 g/mol. The molecule has 1 N–H and O–H groups in total. The number of nitrogens with zero attached hydrogens (tertiary/aromatic N) is 2. The van der Waals surface area contributed by atoms with E-state index >= 15 is 0 Å². The maximum Gasteiger partial charge on any atom is 0.254 e. The van der Waals surface area contributed by atoms with Crippen molar-refractivity contribution in [2.75, 3.05) is 19.8 Å². The van der Waals surface area contributed by atoms with Crippen LogP contribution in [0.4, 0.5) is 0 Å². The Bertz CT molecular complexity index is 631. The molecule has 0 atom stereocenters. The fraction of sp³-hybridized carbons (Fsp3) is 0.412. The molecule has 3 rings (SSSR count). The summed E-state index contributed by atoms with van der Waals surface area (Å²) in [5, 5.41) is 7.36. The first-order chi connectivity index (χ1) is 10.8. The van der Waals surface area contributed by atoms with Crippen LogP contribution in [0.3, 0.4) is 0 Å². The van der Waals surface area contributed by atoms with Crippen molar-refractivity contribution in [3.8, 4) is 5.69 Å². The fourth-order valence-corrected chi connectivity index (χ4v) is 2.74. The van der Waals surface area contributed by atoms with Crippen molar-refractivity contribution in [2.24, 2.45) is 5.92 Å². The zero-order chi connectivity index (χ0) is 15.4. The molecule has 1 fully saturated rings. The third-order valence-corrected chi connectivity index (χ3v) is 4.15. The second kappa shape index (κ2) is 6.75. The topological polar surface area (TPSA) is 56.1 Å². The Morgan fingerprint density at radius 1 is 1.32 bits per heavy atom. The number of carbonyl (C=O) groups is 1. The van der Waals surface area contributed by atoms with E-state index in [9.17, 15) is 4.79 Å². The lowest BCUT2D eigenvalue weighted by Crippen LogP contribution is -2.32. The predicted molar refractivity (Wildman–Crippen MR) is 84.2 cm³/mol. The lowest BCUT2D eigenvalue weighted by atomic mass is 10.0. The predicted octanol–water partition coefficient (Wildman–Crippen LogP) is 2.34. The van der Waals surface area contributed by atoms with Crippen molar-refractivity contribution in [2.45, 2.75) is 19.8 Å². The smallest absolute Gasteiger partial charge is 0.254 e. The average Bonchev–Trinajstić information content (AvgIpc) is 2.96. The van der Waals surface area contributed by atoms with Crippen LogP contribution < -0.4 is 5.32 Å². The van der Waals surface area contributed by atoms with E-state index in [4.69, 9.17) is 4.74 Å². The van der Waals surface area contributed by atoms with Gasteiger partial charge in [-0.2, -0.15) is 5.10 Å². The van der Waals surface area contributed by atoms with Gasteiger partial charge in [0.15, 0.2) is 0 Å². The van der Waals surface area contributed by atoms with Gasteiger partial charge in [-0.3, -0.25) is 4.79 Å². The van der Waals surface area contributed by atoms with Crippen molar-refractivity contribution in [1.29, 1.82) is 0 Å². The summed E-state index contributed by atoms with van der Waals surface area (Å²) in [7, 11) is 0. The Morgan fingerprint density at radius 2 is 2.05 bits per heavy atom. The lowest BCUT2D eigenvalue weighted by molar-refractivity contribution is 0.0642. The van der Waals surface area contributed by atoms with Gasteiger partial charge in [0.25, 0.3) is 5.91 Å². The highest BCUT2D eigenvalue weighted by molar-refractivity contribution is 5.95.